The quantitative estimate of drug-likeness (QED) is 0.294. The Kier molecular flexibility index (Phi) is 8.83. The van der Waals surface area contributed by atoms with Crippen LogP contribution in [0.1, 0.15) is 13.3 Å². The van der Waals surface area contributed by atoms with Gasteiger partial charge in [0, 0.05) is 6.20 Å². The summed E-state index contributed by atoms with van der Waals surface area (Å²) in [4.78, 5) is 38.1. The van der Waals surface area contributed by atoms with E-state index < -0.39 is 59.1 Å². The number of ether oxygens (including phenoxy) is 3. The van der Waals surface area contributed by atoms with Crippen LogP contribution < -0.4 is 14.8 Å². The minimum Gasteiger partial charge on any atom is -0.463 e. The number of carbonyl (C=O) groups is 3. The SMILES string of the molecule is CCOC(=O)COc1ncccc1Oc1c(Cl)cc(F)c(NC(=O)CC(=O)C(F)(F)F)c1Cl. The van der Waals surface area contributed by atoms with Gasteiger partial charge in [0.1, 0.15) is 10.8 Å². The van der Waals surface area contributed by atoms with Gasteiger partial charge in [-0.15, -0.1) is 0 Å². The van der Waals surface area contributed by atoms with Crippen LogP contribution in [0.4, 0.5) is 23.2 Å². The van der Waals surface area contributed by atoms with Crippen molar-refractivity contribution in [3.05, 3.63) is 40.3 Å². The maximum absolute atomic E-state index is 14.3. The summed E-state index contributed by atoms with van der Waals surface area (Å²) in [6.07, 6.45) is -5.52. The van der Waals surface area contributed by atoms with E-state index in [0.29, 0.717) is 6.07 Å². The number of alkyl halides is 3. The van der Waals surface area contributed by atoms with Crippen LogP contribution in [0.5, 0.6) is 17.4 Å². The number of nitrogens with zero attached hydrogens (tertiary/aromatic N) is 1. The molecule has 1 aromatic heterocycles. The smallest absolute Gasteiger partial charge is 0.450 e. The first-order valence-electron chi connectivity index (χ1n) is 8.92. The van der Waals surface area contributed by atoms with Crippen molar-refractivity contribution in [2.75, 3.05) is 18.5 Å². The second-order valence-electron chi connectivity index (χ2n) is 6.01. The highest BCUT2D eigenvalue weighted by Gasteiger charge is 2.39. The number of hydrogen-bond donors (Lipinski definition) is 1. The number of amides is 1. The van der Waals surface area contributed by atoms with E-state index in [1.165, 1.54) is 18.3 Å². The summed E-state index contributed by atoms with van der Waals surface area (Å²) < 4.78 is 66.8. The molecule has 0 aliphatic rings. The molecule has 0 saturated carbocycles. The zero-order valence-corrected chi connectivity index (χ0v) is 18.1. The van der Waals surface area contributed by atoms with Crippen LogP contribution >= 0.6 is 23.2 Å². The summed E-state index contributed by atoms with van der Waals surface area (Å²) in [5, 5.41) is 0.800. The van der Waals surface area contributed by atoms with E-state index in [9.17, 15) is 31.9 Å². The number of esters is 1. The third-order valence-electron chi connectivity index (χ3n) is 3.61. The van der Waals surface area contributed by atoms with Gasteiger partial charge in [-0.25, -0.2) is 14.2 Å². The lowest BCUT2D eigenvalue weighted by Crippen LogP contribution is -2.28. The van der Waals surface area contributed by atoms with Crippen molar-refractivity contribution in [3.8, 4) is 17.4 Å². The lowest BCUT2D eigenvalue weighted by Gasteiger charge is -2.16. The molecule has 33 heavy (non-hydrogen) atoms. The first-order valence-corrected chi connectivity index (χ1v) is 9.68. The molecule has 0 radical (unpaired) electrons. The minimum absolute atomic E-state index is 0.123. The maximum Gasteiger partial charge on any atom is 0.450 e. The Labute approximate surface area is 193 Å². The predicted molar refractivity (Wildman–Crippen MR) is 107 cm³/mol. The molecule has 1 heterocycles. The van der Waals surface area contributed by atoms with Gasteiger partial charge in [0.05, 0.1) is 23.7 Å². The summed E-state index contributed by atoms with van der Waals surface area (Å²) in [5.41, 5.74) is -0.770. The molecule has 178 valence electrons. The van der Waals surface area contributed by atoms with Crippen LogP contribution in [0.15, 0.2) is 24.4 Å². The Balaban J connectivity index is 2.28. The number of carbonyl (C=O) groups excluding carboxylic acids is 3. The highest BCUT2D eigenvalue weighted by atomic mass is 35.5. The Hall–Kier alpha value is -3.12. The molecule has 0 unspecified atom stereocenters. The Morgan fingerprint density at radius 1 is 1.21 bits per heavy atom. The van der Waals surface area contributed by atoms with E-state index in [1.807, 2.05) is 0 Å². The average Bonchev–Trinajstić information content (AvgIpc) is 2.73. The summed E-state index contributed by atoms with van der Waals surface area (Å²) >= 11 is 12.0. The van der Waals surface area contributed by atoms with Crippen LogP contribution in [0.25, 0.3) is 0 Å². The van der Waals surface area contributed by atoms with Crippen LogP contribution in [-0.2, 0) is 19.1 Å². The molecule has 0 aliphatic heterocycles. The number of ketones is 1. The topological polar surface area (TPSA) is 104 Å². The van der Waals surface area contributed by atoms with Gasteiger partial charge in [0.2, 0.25) is 11.7 Å². The van der Waals surface area contributed by atoms with Gasteiger partial charge in [-0.2, -0.15) is 13.2 Å². The van der Waals surface area contributed by atoms with Gasteiger partial charge in [-0.1, -0.05) is 23.2 Å². The van der Waals surface area contributed by atoms with Gasteiger partial charge in [-0.3, -0.25) is 9.59 Å². The van der Waals surface area contributed by atoms with Gasteiger partial charge in [0.25, 0.3) is 5.88 Å². The van der Waals surface area contributed by atoms with Gasteiger partial charge in [-0.05, 0) is 25.1 Å². The lowest BCUT2D eigenvalue weighted by molar-refractivity contribution is -0.171. The number of halogens is 6. The van der Waals surface area contributed by atoms with Crippen molar-refractivity contribution in [1.29, 1.82) is 0 Å². The number of hydrogen-bond acceptors (Lipinski definition) is 7. The van der Waals surface area contributed by atoms with Crippen molar-refractivity contribution < 1.29 is 46.2 Å². The number of aromatic nitrogens is 1. The number of benzene rings is 1. The zero-order valence-electron chi connectivity index (χ0n) is 16.6. The highest BCUT2D eigenvalue weighted by molar-refractivity contribution is 6.39. The molecule has 1 amide bonds. The van der Waals surface area contributed by atoms with Crippen molar-refractivity contribution in [2.45, 2.75) is 19.5 Å². The summed E-state index contributed by atoms with van der Waals surface area (Å²) in [6.45, 7) is 1.21. The molecule has 0 atom stereocenters. The fourth-order valence-corrected chi connectivity index (χ4v) is 2.77. The second kappa shape index (κ2) is 11.1. The first kappa shape index (κ1) is 26.1. The molecular weight excluding hydrogens is 499 g/mol. The molecule has 0 fully saturated rings. The van der Waals surface area contributed by atoms with Crippen LogP contribution in [-0.4, -0.2) is 42.0 Å². The van der Waals surface area contributed by atoms with Gasteiger partial charge in [0.15, 0.2) is 18.1 Å². The zero-order chi connectivity index (χ0) is 24.8. The average molecular weight is 513 g/mol. The van der Waals surface area contributed by atoms with Crippen molar-refractivity contribution in [2.24, 2.45) is 0 Å². The third kappa shape index (κ3) is 7.19. The molecule has 8 nitrogen and oxygen atoms in total. The molecule has 2 aromatic rings. The molecule has 0 spiro atoms. The molecule has 0 bridgehead atoms. The summed E-state index contributed by atoms with van der Waals surface area (Å²) in [5.74, 6) is -6.41. The number of Topliss-reactive ketones (excluding diaryl/α,β-unsaturated/α-hetero) is 1. The molecule has 1 N–H and O–H groups in total. The van der Waals surface area contributed by atoms with Crippen molar-refractivity contribution in [3.63, 3.8) is 0 Å². The summed E-state index contributed by atoms with van der Waals surface area (Å²) in [6, 6.07) is 3.44. The van der Waals surface area contributed by atoms with E-state index in [-0.39, 0.29) is 23.3 Å². The fourth-order valence-electron chi connectivity index (χ4n) is 2.21. The van der Waals surface area contributed by atoms with Crippen LogP contribution in [0, 0.1) is 5.82 Å². The van der Waals surface area contributed by atoms with E-state index in [2.05, 4.69) is 4.98 Å². The Morgan fingerprint density at radius 3 is 2.55 bits per heavy atom. The van der Waals surface area contributed by atoms with Gasteiger partial charge >= 0.3 is 12.1 Å². The number of rotatable bonds is 9. The monoisotopic (exact) mass is 512 g/mol. The molecule has 1 aromatic carbocycles. The first-order chi connectivity index (χ1) is 15.4. The normalized spacial score (nSPS) is 11.0. The lowest BCUT2D eigenvalue weighted by atomic mass is 10.2. The minimum atomic E-state index is -5.24. The number of pyridine rings is 1. The van der Waals surface area contributed by atoms with Crippen LogP contribution in [0.2, 0.25) is 10.0 Å². The predicted octanol–water partition coefficient (Wildman–Crippen LogP) is 4.72. The van der Waals surface area contributed by atoms with Gasteiger partial charge < -0.3 is 19.5 Å². The van der Waals surface area contributed by atoms with E-state index in [1.54, 1.807) is 12.2 Å². The van der Waals surface area contributed by atoms with Crippen molar-refractivity contribution in [1.82, 2.24) is 4.98 Å². The molecule has 0 saturated heterocycles. The summed E-state index contributed by atoms with van der Waals surface area (Å²) in [7, 11) is 0. The van der Waals surface area contributed by atoms with Crippen molar-refractivity contribution >= 4 is 46.5 Å². The largest absolute Gasteiger partial charge is 0.463 e. The number of anilines is 1. The molecule has 14 heteroatoms. The fraction of sp³-hybridized carbons (Fsp3) is 0.263. The number of nitrogens with one attached hydrogen (secondary N) is 1. The van der Waals surface area contributed by atoms with Crippen LogP contribution in [0.3, 0.4) is 0 Å². The second-order valence-corrected chi connectivity index (χ2v) is 6.79. The third-order valence-corrected chi connectivity index (χ3v) is 4.25. The van der Waals surface area contributed by atoms with E-state index in [4.69, 9.17) is 37.4 Å². The highest BCUT2D eigenvalue weighted by Crippen LogP contribution is 2.44. The van der Waals surface area contributed by atoms with E-state index >= 15 is 0 Å². The Morgan fingerprint density at radius 2 is 1.91 bits per heavy atom. The Bertz CT molecular complexity index is 1070. The standard InChI is InChI=1S/C19H14Cl2F4N2O6/c1-2-31-14(30)8-32-18-11(4-3-5-26-18)33-17-9(20)6-10(22)16(15(17)21)27-13(29)7-12(28)19(23,24)25/h3-6H,2,7-8H2,1H3,(H,27,29). The maximum atomic E-state index is 14.3. The molecule has 0 aliphatic carbocycles. The van der Waals surface area contributed by atoms with E-state index in [0.717, 1.165) is 0 Å². The molecular formula is C19H14Cl2F4N2O6. The molecule has 2 rings (SSSR count).